The van der Waals surface area contributed by atoms with Gasteiger partial charge in [0.25, 0.3) is 0 Å². The van der Waals surface area contributed by atoms with E-state index in [9.17, 15) is 14.4 Å². The smallest absolute Gasteiger partial charge is 0.411 e. The summed E-state index contributed by atoms with van der Waals surface area (Å²) in [6, 6.07) is 8.58. The van der Waals surface area contributed by atoms with Gasteiger partial charge in [0.1, 0.15) is 23.8 Å². The third-order valence-corrected chi connectivity index (χ3v) is 5.53. The van der Waals surface area contributed by atoms with Crippen LogP contribution in [0, 0.1) is 5.92 Å². The van der Waals surface area contributed by atoms with E-state index in [1.54, 1.807) is 26.8 Å². The highest BCUT2D eigenvalue weighted by atomic mass is 16.6. The first-order valence-corrected chi connectivity index (χ1v) is 11.6. The van der Waals surface area contributed by atoms with Gasteiger partial charge in [-0.05, 0) is 57.9 Å². The number of rotatable bonds is 9. The molecule has 182 valence electrons. The van der Waals surface area contributed by atoms with Crippen molar-refractivity contribution in [3.63, 3.8) is 0 Å². The quantitative estimate of drug-likeness (QED) is 0.432. The van der Waals surface area contributed by atoms with E-state index in [2.05, 4.69) is 11.9 Å². The number of nitrogens with zero attached hydrogens (tertiary/aromatic N) is 1. The lowest BCUT2D eigenvalue weighted by molar-refractivity contribution is -0.151. The number of nitrogens with one attached hydrogen (secondary N) is 1. The van der Waals surface area contributed by atoms with Gasteiger partial charge in [0.15, 0.2) is 0 Å². The number of ether oxygens (including phenoxy) is 2. The van der Waals surface area contributed by atoms with Gasteiger partial charge in [-0.1, -0.05) is 50.3 Å². The van der Waals surface area contributed by atoms with Crippen molar-refractivity contribution in [1.82, 2.24) is 10.2 Å². The molecule has 0 spiro atoms. The number of hydrogen-bond acceptors (Lipinski definition) is 5. The van der Waals surface area contributed by atoms with Gasteiger partial charge in [0.2, 0.25) is 5.91 Å². The Morgan fingerprint density at radius 3 is 2.45 bits per heavy atom. The minimum Gasteiger partial charge on any atom is -0.459 e. The number of amides is 2. The van der Waals surface area contributed by atoms with Crippen molar-refractivity contribution in [2.45, 2.75) is 84.1 Å². The van der Waals surface area contributed by atoms with Crippen molar-refractivity contribution in [3.8, 4) is 0 Å². The Kier molecular flexibility index (Phi) is 9.08. The second kappa shape index (κ2) is 11.3. The van der Waals surface area contributed by atoms with Crippen molar-refractivity contribution in [2.24, 2.45) is 5.92 Å². The zero-order valence-corrected chi connectivity index (χ0v) is 20.6. The van der Waals surface area contributed by atoms with E-state index < -0.39 is 29.2 Å². The standard InChI is InChI=1S/C26H38N2O5/c1-7-14-26(15-11-16-28(26)24(31)33-25(4,5)6)23(30)27-21(17-19(2)3)22(29)32-18-20-12-9-8-10-13-20/h7-10,12-13,19,21H,1,11,14-18H2,2-6H3,(H,27,30)/t21-,26-/m0/s1. The first kappa shape index (κ1) is 26.4. The highest BCUT2D eigenvalue weighted by molar-refractivity contribution is 5.93. The summed E-state index contributed by atoms with van der Waals surface area (Å²) in [4.78, 5) is 40.9. The van der Waals surface area contributed by atoms with E-state index in [1.807, 2.05) is 44.2 Å². The number of carbonyl (C=O) groups excluding carboxylic acids is 3. The van der Waals surface area contributed by atoms with Crippen LogP contribution < -0.4 is 5.32 Å². The molecular formula is C26H38N2O5. The monoisotopic (exact) mass is 458 g/mol. The molecule has 0 saturated carbocycles. The molecule has 1 saturated heterocycles. The molecule has 2 atom stereocenters. The fourth-order valence-electron chi connectivity index (χ4n) is 4.05. The number of esters is 1. The molecule has 0 bridgehead atoms. The number of carbonyl (C=O) groups is 3. The van der Waals surface area contributed by atoms with Gasteiger partial charge >= 0.3 is 12.1 Å². The third kappa shape index (κ3) is 7.34. The average molecular weight is 459 g/mol. The van der Waals surface area contributed by atoms with Crippen LogP contribution in [0.1, 0.15) is 65.9 Å². The van der Waals surface area contributed by atoms with Gasteiger partial charge in [-0.2, -0.15) is 0 Å². The first-order valence-electron chi connectivity index (χ1n) is 11.6. The van der Waals surface area contributed by atoms with Crippen molar-refractivity contribution < 1.29 is 23.9 Å². The van der Waals surface area contributed by atoms with E-state index in [-0.39, 0.29) is 24.9 Å². The Morgan fingerprint density at radius 1 is 1.21 bits per heavy atom. The van der Waals surface area contributed by atoms with Gasteiger partial charge < -0.3 is 14.8 Å². The predicted molar refractivity (Wildman–Crippen MR) is 127 cm³/mol. The van der Waals surface area contributed by atoms with Gasteiger partial charge in [-0.25, -0.2) is 9.59 Å². The average Bonchev–Trinajstić information content (AvgIpc) is 3.16. The first-order chi connectivity index (χ1) is 15.5. The largest absolute Gasteiger partial charge is 0.459 e. The summed E-state index contributed by atoms with van der Waals surface area (Å²) < 4.78 is 11.1. The topological polar surface area (TPSA) is 84.9 Å². The third-order valence-electron chi connectivity index (χ3n) is 5.53. The molecule has 2 rings (SSSR count). The van der Waals surface area contributed by atoms with Crippen LogP contribution in [0.2, 0.25) is 0 Å². The Hall–Kier alpha value is -2.83. The van der Waals surface area contributed by atoms with E-state index >= 15 is 0 Å². The molecule has 1 aromatic carbocycles. The molecule has 0 unspecified atom stereocenters. The molecule has 1 fully saturated rings. The Morgan fingerprint density at radius 2 is 1.88 bits per heavy atom. The maximum Gasteiger partial charge on any atom is 0.411 e. The molecule has 1 aromatic rings. The minimum absolute atomic E-state index is 0.131. The van der Waals surface area contributed by atoms with Crippen LogP contribution in [0.25, 0.3) is 0 Å². The van der Waals surface area contributed by atoms with Gasteiger partial charge in [0.05, 0.1) is 0 Å². The summed E-state index contributed by atoms with van der Waals surface area (Å²) in [5, 5.41) is 2.89. The number of benzene rings is 1. The molecular weight excluding hydrogens is 420 g/mol. The summed E-state index contributed by atoms with van der Waals surface area (Å²) in [5.74, 6) is -0.718. The molecule has 33 heavy (non-hydrogen) atoms. The van der Waals surface area contributed by atoms with Crippen molar-refractivity contribution in [3.05, 3.63) is 48.6 Å². The molecule has 0 radical (unpaired) electrons. The number of likely N-dealkylation sites (tertiary alicyclic amines) is 1. The molecule has 1 heterocycles. The van der Waals surface area contributed by atoms with Crippen LogP contribution in [-0.4, -0.2) is 46.6 Å². The Labute approximate surface area is 197 Å². The predicted octanol–water partition coefficient (Wildman–Crippen LogP) is 4.61. The van der Waals surface area contributed by atoms with E-state index in [0.29, 0.717) is 25.8 Å². The maximum atomic E-state index is 13.6. The minimum atomic E-state index is -1.14. The second-order valence-electron chi connectivity index (χ2n) is 10.0. The second-order valence-corrected chi connectivity index (χ2v) is 10.0. The lowest BCUT2D eigenvalue weighted by atomic mass is 9.90. The fraction of sp³-hybridized carbons (Fsp3) is 0.577. The highest BCUT2D eigenvalue weighted by Gasteiger charge is 2.50. The zero-order valence-electron chi connectivity index (χ0n) is 20.6. The molecule has 1 aliphatic rings. The van der Waals surface area contributed by atoms with Gasteiger partial charge in [0, 0.05) is 6.54 Å². The molecule has 1 N–H and O–H groups in total. The molecule has 1 aliphatic heterocycles. The summed E-state index contributed by atoms with van der Waals surface area (Å²) in [6.07, 6.45) is 2.92. The van der Waals surface area contributed by atoms with Crippen molar-refractivity contribution in [1.29, 1.82) is 0 Å². The lowest BCUT2D eigenvalue weighted by Crippen LogP contribution is -2.60. The fourth-order valence-corrected chi connectivity index (χ4v) is 4.05. The summed E-state index contributed by atoms with van der Waals surface area (Å²) >= 11 is 0. The lowest BCUT2D eigenvalue weighted by Gasteiger charge is -2.38. The van der Waals surface area contributed by atoms with Gasteiger partial charge in [-0.3, -0.25) is 9.69 Å². The van der Waals surface area contributed by atoms with Crippen LogP contribution in [-0.2, 0) is 25.7 Å². The van der Waals surface area contributed by atoms with Crippen molar-refractivity contribution in [2.75, 3.05) is 6.54 Å². The summed E-state index contributed by atoms with van der Waals surface area (Å²) in [6.45, 7) is 13.7. The van der Waals surface area contributed by atoms with Crippen LogP contribution in [0.4, 0.5) is 4.79 Å². The van der Waals surface area contributed by atoms with Crippen LogP contribution in [0.15, 0.2) is 43.0 Å². The summed E-state index contributed by atoms with van der Waals surface area (Å²) in [7, 11) is 0. The normalized spacial score (nSPS) is 19.2. The van der Waals surface area contributed by atoms with Gasteiger partial charge in [-0.15, -0.1) is 6.58 Å². The molecule has 0 aliphatic carbocycles. The Balaban J connectivity index is 2.20. The molecule has 7 heteroatoms. The van der Waals surface area contributed by atoms with Crippen LogP contribution >= 0.6 is 0 Å². The van der Waals surface area contributed by atoms with Crippen LogP contribution in [0.5, 0.6) is 0 Å². The Bertz CT molecular complexity index is 831. The molecule has 7 nitrogen and oxygen atoms in total. The SMILES string of the molecule is C=CC[C@@]1(C(=O)N[C@@H](CC(C)C)C(=O)OCc2ccccc2)CCCN1C(=O)OC(C)(C)C. The van der Waals surface area contributed by atoms with E-state index in [0.717, 1.165) is 5.56 Å². The molecule has 2 amide bonds. The highest BCUT2D eigenvalue weighted by Crippen LogP contribution is 2.35. The van der Waals surface area contributed by atoms with E-state index in [4.69, 9.17) is 9.47 Å². The maximum absolute atomic E-state index is 13.6. The molecule has 0 aromatic heterocycles. The van der Waals surface area contributed by atoms with Crippen molar-refractivity contribution >= 4 is 18.0 Å². The number of hydrogen-bond donors (Lipinski definition) is 1. The van der Waals surface area contributed by atoms with Crippen LogP contribution in [0.3, 0.4) is 0 Å². The van der Waals surface area contributed by atoms with E-state index in [1.165, 1.54) is 4.90 Å². The zero-order chi connectivity index (χ0) is 24.6. The summed E-state index contributed by atoms with van der Waals surface area (Å²) in [5.41, 5.74) is -0.952.